The molecule has 0 amide bonds. The maximum Gasteiger partial charge on any atom is 0.319 e. The molecule has 0 radical (unpaired) electrons. The number of pyridine rings is 1. The second kappa shape index (κ2) is 7.28. The molecule has 0 aliphatic carbocycles. The van der Waals surface area contributed by atoms with Gasteiger partial charge in [-0.05, 0) is 25.0 Å². The molecule has 1 heterocycles. The second-order valence-electron chi connectivity index (χ2n) is 3.32. The first-order valence-electron chi connectivity index (χ1n) is 5.45. The molecule has 0 spiro atoms. The van der Waals surface area contributed by atoms with Crippen molar-refractivity contribution in [3.63, 3.8) is 0 Å². The quantitative estimate of drug-likeness (QED) is 0.715. The molecule has 3 nitrogen and oxygen atoms in total. The molecule has 0 N–H and O–H groups in total. The van der Waals surface area contributed by atoms with Crippen LogP contribution in [0.4, 0.5) is 0 Å². The van der Waals surface area contributed by atoms with Crippen molar-refractivity contribution in [2.24, 2.45) is 0 Å². The zero-order valence-electron chi connectivity index (χ0n) is 9.68. The average Bonchev–Trinajstić information content (AvgIpc) is 2.31. The lowest BCUT2D eigenvalue weighted by molar-refractivity contribution is -0.142. The first-order valence-corrected chi connectivity index (χ1v) is 6.50. The van der Waals surface area contributed by atoms with E-state index in [1.807, 2.05) is 32.2 Å². The van der Waals surface area contributed by atoms with Crippen LogP contribution in [-0.4, -0.2) is 22.8 Å². The van der Waals surface area contributed by atoms with Crippen molar-refractivity contribution in [3.05, 3.63) is 30.1 Å². The SMILES string of the molecule is CCOC(=O)[C@H](CC)SCc1cccnc1. The number of nitrogens with zero attached hydrogens (tertiary/aromatic N) is 1. The largest absolute Gasteiger partial charge is 0.465 e. The van der Waals surface area contributed by atoms with Crippen molar-refractivity contribution in [1.82, 2.24) is 4.98 Å². The lowest BCUT2D eigenvalue weighted by Gasteiger charge is -2.12. The third-order valence-electron chi connectivity index (χ3n) is 2.09. The summed E-state index contributed by atoms with van der Waals surface area (Å²) in [5, 5.41) is -0.0693. The number of ether oxygens (including phenoxy) is 1. The van der Waals surface area contributed by atoms with Crippen LogP contribution >= 0.6 is 11.8 Å². The lowest BCUT2D eigenvalue weighted by Crippen LogP contribution is -2.19. The Kier molecular flexibility index (Phi) is 5.93. The predicted octanol–water partition coefficient (Wildman–Crippen LogP) is 2.66. The van der Waals surface area contributed by atoms with Crippen molar-refractivity contribution < 1.29 is 9.53 Å². The molecule has 1 atom stereocenters. The van der Waals surface area contributed by atoms with E-state index >= 15 is 0 Å². The summed E-state index contributed by atoms with van der Waals surface area (Å²) in [4.78, 5) is 15.6. The summed E-state index contributed by atoms with van der Waals surface area (Å²) in [6.07, 6.45) is 4.37. The van der Waals surface area contributed by atoms with Crippen LogP contribution in [0, 0.1) is 0 Å². The lowest BCUT2D eigenvalue weighted by atomic mass is 10.3. The standard InChI is InChI=1S/C12H17NO2S/c1-3-11(12(14)15-4-2)16-9-10-6-5-7-13-8-10/h5-8,11H,3-4,9H2,1-2H3/t11-/m0/s1. The molecule has 0 saturated heterocycles. The summed E-state index contributed by atoms with van der Waals surface area (Å²) in [6.45, 7) is 4.27. The minimum absolute atomic E-state index is 0.0693. The highest BCUT2D eigenvalue weighted by Crippen LogP contribution is 2.20. The van der Waals surface area contributed by atoms with Gasteiger partial charge in [-0.25, -0.2) is 0 Å². The van der Waals surface area contributed by atoms with Gasteiger partial charge in [0.05, 0.1) is 6.61 Å². The normalized spacial score (nSPS) is 12.1. The van der Waals surface area contributed by atoms with Crippen LogP contribution in [0.15, 0.2) is 24.5 Å². The molecule has 4 heteroatoms. The molecule has 0 aliphatic rings. The van der Waals surface area contributed by atoms with Gasteiger partial charge in [-0.15, -0.1) is 11.8 Å². The number of carbonyl (C=O) groups is 1. The summed E-state index contributed by atoms with van der Waals surface area (Å²) in [7, 11) is 0. The van der Waals surface area contributed by atoms with Gasteiger partial charge in [-0.1, -0.05) is 13.0 Å². The van der Waals surface area contributed by atoms with Gasteiger partial charge >= 0.3 is 5.97 Å². The Labute approximate surface area is 101 Å². The number of hydrogen-bond donors (Lipinski definition) is 0. The number of rotatable bonds is 6. The predicted molar refractivity (Wildman–Crippen MR) is 66.2 cm³/mol. The highest BCUT2D eigenvalue weighted by molar-refractivity contribution is 7.99. The van der Waals surface area contributed by atoms with E-state index < -0.39 is 0 Å². The number of thioether (sulfide) groups is 1. The van der Waals surface area contributed by atoms with E-state index in [2.05, 4.69) is 4.98 Å². The third-order valence-corrected chi connectivity index (χ3v) is 3.52. The average molecular weight is 239 g/mol. The Morgan fingerprint density at radius 1 is 1.56 bits per heavy atom. The Morgan fingerprint density at radius 2 is 2.38 bits per heavy atom. The van der Waals surface area contributed by atoms with Gasteiger partial charge in [-0.2, -0.15) is 0 Å². The van der Waals surface area contributed by atoms with Crippen molar-refractivity contribution >= 4 is 17.7 Å². The fraction of sp³-hybridized carbons (Fsp3) is 0.500. The second-order valence-corrected chi connectivity index (χ2v) is 4.51. The van der Waals surface area contributed by atoms with Crippen LogP contribution in [-0.2, 0) is 15.3 Å². The topological polar surface area (TPSA) is 39.2 Å². The van der Waals surface area contributed by atoms with E-state index in [0.29, 0.717) is 6.61 Å². The van der Waals surface area contributed by atoms with Gasteiger partial charge in [-0.3, -0.25) is 9.78 Å². The molecule has 1 aromatic rings. The Balaban J connectivity index is 2.43. The van der Waals surface area contributed by atoms with Crippen molar-refractivity contribution in [1.29, 1.82) is 0 Å². The molecule has 88 valence electrons. The van der Waals surface area contributed by atoms with E-state index in [0.717, 1.165) is 17.7 Å². The third kappa shape index (κ3) is 4.23. The van der Waals surface area contributed by atoms with E-state index in [9.17, 15) is 4.79 Å². The molecule has 16 heavy (non-hydrogen) atoms. The summed E-state index contributed by atoms with van der Waals surface area (Å²) >= 11 is 1.61. The van der Waals surface area contributed by atoms with Crippen LogP contribution in [0.5, 0.6) is 0 Å². The summed E-state index contributed by atoms with van der Waals surface area (Å²) in [5.74, 6) is 0.685. The van der Waals surface area contributed by atoms with Crippen LogP contribution in [0.3, 0.4) is 0 Å². The molecule has 0 unspecified atom stereocenters. The van der Waals surface area contributed by atoms with Gasteiger partial charge in [0, 0.05) is 18.1 Å². The van der Waals surface area contributed by atoms with E-state index in [4.69, 9.17) is 4.74 Å². The zero-order chi connectivity index (χ0) is 11.8. The fourth-order valence-corrected chi connectivity index (χ4v) is 2.27. The van der Waals surface area contributed by atoms with Gasteiger partial charge < -0.3 is 4.74 Å². The first-order chi connectivity index (χ1) is 7.77. The first kappa shape index (κ1) is 13.0. The molecule has 0 aromatic carbocycles. The molecule has 1 rings (SSSR count). The van der Waals surface area contributed by atoms with E-state index in [1.165, 1.54) is 0 Å². The minimum atomic E-state index is -0.112. The maximum atomic E-state index is 11.5. The van der Waals surface area contributed by atoms with Gasteiger partial charge in [0.15, 0.2) is 0 Å². The van der Waals surface area contributed by atoms with Crippen LogP contribution < -0.4 is 0 Å². The number of esters is 1. The Hall–Kier alpha value is -1.03. The highest BCUT2D eigenvalue weighted by Gasteiger charge is 2.17. The number of carbonyl (C=O) groups excluding carboxylic acids is 1. The molecule has 1 aromatic heterocycles. The Bertz CT molecular complexity index is 316. The molecule has 0 saturated carbocycles. The maximum absolute atomic E-state index is 11.5. The van der Waals surface area contributed by atoms with E-state index in [1.54, 1.807) is 18.0 Å². The van der Waals surface area contributed by atoms with Crippen LogP contribution in [0.25, 0.3) is 0 Å². The molecular formula is C12H17NO2S. The molecular weight excluding hydrogens is 222 g/mol. The zero-order valence-corrected chi connectivity index (χ0v) is 10.5. The van der Waals surface area contributed by atoms with Crippen molar-refractivity contribution in [2.75, 3.05) is 6.61 Å². The molecule has 0 aliphatic heterocycles. The number of hydrogen-bond acceptors (Lipinski definition) is 4. The van der Waals surface area contributed by atoms with Crippen molar-refractivity contribution in [2.45, 2.75) is 31.3 Å². The fourth-order valence-electron chi connectivity index (χ4n) is 1.27. The van der Waals surface area contributed by atoms with E-state index in [-0.39, 0.29) is 11.2 Å². The van der Waals surface area contributed by atoms with Crippen LogP contribution in [0.2, 0.25) is 0 Å². The molecule has 0 fully saturated rings. The molecule has 0 bridgehead atoms. The van der Waals surface area contributed by atoms with Gasteiger partial charge in [0.1, 0.15) is 5.25 Å². The Morgan fingerprint density at radius 3 is 2.94 bits per heavy atom. The highest BCUT2D eigenvalue weighted by atomic mass is 32.2. The van der Waals surface area contributed by atoms with Crippen LogP contribution in [0.1, 0.15) is 25.8 Å². The smallest absolute Gasteiger partial charge is 0.319 e. The summed E-state index contributed by atoms with van der Waals surface area (Å²) in [5.41, 5.74) is 1.13. The number of aromatic nitrogens is 1. The monoisotopic (exact) mass is 239 g/mol. The summed E-state index contributed by atoms with van der Waals surface area (Å²) < 4.78 is 5.01. The van der Waals surface area contributed by atoms with Crippen molar-refractivity contribution in [3.8, 4) is 0 Å². The van der Waals surface area contributed by atoms with Gasteiger partial charge in [0.25, 0.3) is 0 Å². The summed E-state index contributed by atoms with van der Waals surface area (Å²) in [6, 6.07) is 3.92. The minimum Gasteiger partial charge on any atom is -0.465 e. The van der Waals surface area contributed by atoms with Gasteiger partial charge in [0.2, 0.25) is 0 Å².